The van der Waals surface area contributed by atoms with E-state index in [1.807, 2.05) is 0 Å². The minimum atomic E-state index is 0.392. The molecule has 1 N–H and O–H groups in total. The Morgan fingerprint density at radius 1 is 1.47 bits per heavy atom. The molecule has 0 bridgehead atoms. The standard InChI is InChI=1S/C16H24BrNO/c1-3-5-16-11-15(8-9-19-16)18-12(2)13-6-4-7-14(17)10-13/h4,6-7,10,12,15-16,18H,3,5,8-9,11H2,1-2H3. The minimum Gasteiger partial charge on any atom is -0.378 e. The fraction of sp³-hybridized carbons (Fsp3) is 0.625. The van der Waals surface area contributed by atoms with Gasteiger partial charge in [-0.1, -0.05) is 41.4 Å². The average Bonchev–Trinajstić information content (AvgIpc) is 2.39. The molecule has 1 aliphatic heterocycles. The Kier molecular flexibility index (Phi) is 5.86. The van der Waals surface area contributed by atoms with Crippen LogP contribution >= 0.6 is 15.9 Å². The summed E-state index contributed by atoms with van der Waals surface area (Å²) in [7, 11) is 0. The van der Waals surface area contributed by atoms with Crippen LogP contribution in [0.5, 0.6) is 0 Å². The molecule has 1 saturated heterocycles. The predicted molar refractivity (Wildman–Crippen MR) is 83.4 cm³/mol. The molecule has 1 aromatic carbocycles. The zero-order valence-corrected chi connectivity index (χ0v) is 13.4. The molecule has 0 spiro atoms. The summed E-state index contributed by atoms with van der Waals surface area (Å²) in [6, 6.07) is 9.53. The van der Waals surface area contributed by atoms with Crippen LogP contribution in [0.2, 0.25) is 0 Å². The fourth-order valence-electron chi connectivity index (χ4n) is 2.78. The molecular weight excluding hydrogens is 302 g/mol. The number of rotatable bonds is 5. The van der Waals surface area contributed by atoms with Crippen molar-refractivity contribution in [2.24, 2.45) is 0 Å². The third kappa shape index (κ3) is 4.59. The quantitative estimate of drug-likeness (QED) is 0.863. The number of benzene rings is 1. The number of halogens is 1. The SMILES string of the molecule is CCCC1CC(NC(C)c2cccc(Br)c2)CCO1. The zero-order valence-electron chi connectivity index (χ0n) is 11.9. The second-order valence-electron chi connectivity index (χ2n) is 5.45. The van der Waals surface area contributed by atoms with Crippen molar-refractivity contribution in [1.29, 1.82) is 0 Å². The Labute approximate surface area is 125 Å². The zero-order chi connectivity index (χ0) is 13.7. The lowest BCUT2D eigenvalue weighted by Gasteiger charge is -2.32. The number of nitrogens with one attached hydrogen (secondary N) is 1. The maximum absolute atomic E-state index is 5.81. The van der Waals surface area contributed by atoms with E-state index in [4.69, 9.17) is 4.74 Å². The molecule has 0 amide bonds. The van der Waals surface area contributed by atoms with Gasteiger partial charge in [-0.3, -0.25) is 0 Å². The highest BCUT2D eigenvalue weighted by Crippen LogP contribution is 2.22. The fourth-order valence-corrected chi connectivity index (χ4v) is 3.20. The van der Waals surface area contributed by atoms with Gasteiger partial charge in [0, 0.05) is 23.2 Å². The molecule has 106 valence electrons. The highest BCUT2D eigenvalue weighted by atomic mass is 79.9. The third-order valence-corrected chi connectivity index (χ3v) is 4.31. The normalized spacial score (nSPS) is 25.2. The highest BCUT2D eigenvalue weighted by Gasteiger charge is 2.23. The predicted octanol–water partition coefficient (Wildman–Crippen LogP) is 4.45. The Balaban J connectivity index is 1.89. The van der Waals surface area contributed by atoms with Gasteiger partial charge in [-0.2, -0.15) is 0 Å². The van der Waals surface area contributed by atoms with Crippen LogP contribution in [0, 0.1) is 0 Å². The summed E-state index contributed by atoms with van der Waals surface area (Å²) in [6.07, 6.45) is 5.11. The van der Waals surface area contributed by atoms with Gasteiger partial charge in [-0.15, -0.1) is 0 Å². The minimum absolute atomic E-state index is 0.392. The average molecular weight is 326 g/mol. The molecule has 19 heavy (non-hydrogen) atoms. The molecule has 1 fully saturated rings. The van der Waals surface area contributed by atoms with Gasteiger partial charge in [0.25, 0.3) is 0 Å². The first-order valence-electron chi connectivity index (χ1n) is 7.32. The molecule has 1 heterocycles. The lowest BCUT2D eigenvalue weighted by Crippen LogP contribution is -2.40. The van der Waals surface area contributed by atoms with Gasteiger partial charge in [0.2, 0.25) is 0 Å². The Morgan fingerprint density at radius 3 is 3.05 bits per heavy atom. The van der Waals surface area contributed by atoms with Crippen molar-refractivity contribution >= 4 is 15.9 Å². The van der Waals surface area contributed by atoms with Crippen molar-refractivity contribution in [3.8, 4) is 0 Å². The second kappa shape index (κ2) is 7.41. The molecule has 3 heteroatoms. The van der Waals surface area contributed by atoms with E-state index in [-0.39, 0.29) is 0 Å². The van der Waals surface area contributed by atoms with E-state index < -0.39 is 0 Å². The van der Waals surface area contributed by atoms with E-state index in [0.29, 0.717) is 18.2 Å². The van der Waals surface area contributed by atoms with Gasteiger partial charge >= 0.3 is 0 Å². The van der Waals surface area contributed by atoms with Crippen molar-refractivity contribution in [1.82, 2.24) is 5.32 Å². The summed E-state index contributed by atoms with van der Waals surface area (Å²) in [5.74, 6) is 0. The highest BCUT2D eigenvalue weighted by molar-refractivity contribution is 9.10. The first kappa shape index (κ1) is 15.0. The van der Waals surface area contributed by atoms with E-state index in [9.17, 15) is 0 Å². The molecule has 1 aromatic rings. The maximum Gasteiger partial charge on any atom is 0.0589 e. The van der Waals surface area contributed by atoms with E-state index in [1.165, 1.54) is 18.4 Å². The first-order valence-corrected chi connectivity index (χ1v) is 8.11. The van der Waals surface area contributed by atoms with Crippen molar-refractivity contribution in [3.63, 3.8) is 0 Å². The summed E-state index contributed by atoms with van der Waals surface area (Å²) in [6.45, 7) is 5.37. The number of hydrogen-bond acceptors (Lipinski definition) is 2. The van der Waals surface area contributed by atoms with Gasteiger partial charge in [0.1, 0.15) is 0 Å². The number of hydrogen-bond donors (Lipinski definition) is 1. The summed E-state index contributed by atoms with van der Waals surface area (Å²) in [5, 5.41) is 3.75. The molecule has 0 aliphatic carbocycles. The van der Waals surface area contributed by atoms with Gasteiger partial charge in [0.15, 0.2) is 0 Å². The maximum atomic E-state index is 5.81. The van der Waals surface area contributed by atoms with Crippen LogP contribution in [0.1, 0.15) is 51.1 Å². The summed E-state index contributed by atoms with van der Waals surface area (Å²) in [5.41, 5.74) is 1.34. The van der Waals surface area contributed by atoms with Gasteiger partial charge in [-0.05, 0) is 43.9 Å². The van der Waals surface area contributed by atoms with Crippen LogP contribution in [0.25, 0.3) is 0 Å². The van der Waals surface area contributed by atoms with Crippen LogP contribution in [-0.2, 0) is 4.74 Å². The van der Waals surface area contributed by atoms with Gasteiger partial charge in [-0.25, -0.2) is 0 Å². The topological polar surface area (TPSA) is 21.3 Å². The largest absolute Gasteiger partial charge is 0.378 e. The lowest BCUT2D eigenvalue weighted by atomic mass is 9.98. The van der Waals surface area contributed by atoms with Crippen LogP contribution in [-0.4, -0.2) is 18.8 Å². The van der Waals surface area contributed by atoms with E-state index in [2.05, 4.69) is 59.4 Å². The molecule has 2 rings (SSSR count). The molecule has 3 unspecified atom stereocenters. The Morgan fingerprint density at radius 2 is 2.32 bits per heavy atom. The smallest absolute Gasteiger partial charge is 0.0589 e. The van der Waals surface area contributed by atoms with E-state index in [0.717, 1.165) is 23.9 Å². The molecule has 3 atom stereocenters. The molecule has 0 radical (unpaired) electrons. The van der Waals surface area contributed by atoms with E-state index >= 15 is 0 Å². The van der Waals surface area contributed by atoms with Crippen molar-refractivity contribution < 1.29 is 4.74 Å². The summed E-state index contributed by atoms with van der Waals surface area (Å²) >= 11 is 3.54. The van der Waals surface area contributed by atoms with Crippen molar-refractivity contribution in [2.45, 2.75) is 57.7 Å². The molecular formula is C16H24BrNO. The molecule has 0 aromatic heterocycles. The second-order valence-corrected chi connectivity index (χ2v) is 6.36. The van der Waals surface area contributed by atoms with Crippen molar-refractivity contribution in [2.75, 3.05) is 6.61 Å². The monoisotopic (exact) mass is 325 g/mol. The Bertz CT molecular complexity index is 394. The number of ether oxygens (including phenoxy) is 1. The summed E-state index contributed by atoms with van der Waals surface area (Å²) in [4.78, 5) is 0. The lowest BCUT2D eigenvalue weighted by molar-refractivity contribution is -0.00472. The van der Waals surface area contributed by atoms with E-state index in [1.54, 1.807) is 0 Å². The first-order chi connectivity index (χ1) is 9.19. The third-order valence-electron chi connectivity index (χ3n) is 3.81. The molecule has 0 saturated carbocycles. The van der Waals surface area contributed by atoms with Crippen molar-refractivity contribution in [3.05, 3.63) is 34.3 Å². The van der Waals surface area contributed by atoms with Crippen LogP contribution < -0.4 is 5.32 Å². The van der Waals surface area contributed by atoms with Crippen LogP contribution in [0.3, 0.4) is 0 Å². The molecule has 1 aliphatic rings. The van der Waals surface area contributed by atoms with Crippen LogP contribution in [0.4, 0.5) is 0 Å². The summed E-state index contributed by atoms with van der Waals surface area (Å²) < 4.78 is 6.96. The van der Waals surface area contributed by atoms with Crippen LogP contribution in [0.15, 0.2) is 28.7 Å². The van der Waals surface area contributed by atoms with Gasteiger partial charge in [0.05, 0.1) is 6.10 Å². The van der Waals surface area contributed by atoms with Gasteiger partial charge < -0.3 is 10.1 Å². The molecule has 2 nitrogen and oxygen atoms in total. The Hall–Kier alpha value is -0.380.